The maximum absolute atomic E-state index is 8.99. The number of nitrogens with zero attached hydrogens (tertiary/aromatic N) is 1. The molecule has 1 rings (SSSR count). The summed E-state index contributed by atoms with van der Waals surface area (Å²) in [6.07, 6.45) is 1.59. The fourth-order valence-corrected chi connectivity index (χ4v) is 1.52. The van der Waals surface area contributed by atoms with Gasteiger partial charge >= 0.3 is 0 Å². The van der Waals surface area contributed by atoms with Crippen molar-refractivity contribution in [1.29, 1.82) is 5.26 Å². The molecule has 0 aliphatic heterocycles. The summed E-state index contributed by atoms with van der Waals surface area (Å²) in [4.78, 5) is 0. The topological polar surface area (TPSA) is 54.3 Å². The third-order valence-corrected chi connectivity index (χ3v) is 2.95. The number of benzene rings is 1. The van der Waals surface area contributed by atoms with E-state index >= 15 is 0 Å². The number of hydrogen-bond donors (Lipinski definition) is 1. The van der Waals surface area contributed by atoms with Crippen molar-refractivity contribution >= 4 is 0 Å². The highest BCUT2D eigenvalue weighted by molar-refractivity contribution is 5.31. The highest BCUT2D eigenvalue weighted by Gasteiger charge is 2.19. The maximum Gasteiger partial charge on any atom is 0.119 e. The molecule has 0 aliphatic carbocycles. The standard InChI is InChI=1S/C14H20N2O2/c1-14(11-15,16-2)9-4-10-18-13-7-5-12(17-3)6-8-13/h5-8,16H,4,9-10H2,1-3H3. The Morgan fingerprint density at radius 2 is 1.89 bits per heavy atom. The van der Waals surface area contributed by atoms with Gasteiger partial charge in [-0.05, 0) is 51.1 Å². The Kier molecular flexibility index (Phi) is 5.47. The summed E-state index contributed by atoms with van der Waals surface area (Å²) in [5.74, 6) is 1.63. The lowest BCUT2D eigenvalue weighted by atomic mass is 9.98. The monoisotopic (exact) mass is 248 g/mol. The highest BCUT2D eigenvalue weighted by Crippen LogP contribution is 2.18. The summed E-state index contributed by atoms with van der Waals surface area (Å²) in [7, 11) is 3.43. The maximum atomic E-state index is 8.99. The van der Waals surface area contributed by atoms with Crippen LogP contribution in [0.5, 0.6) is 11.5 Å². The van der Waals surface area contributed by atoms with Crippen molar-refractivity contribution in [2.24, 2.45) is 0 Å². The van der Waals surface area contributed by atoms with Crippen LogP contribution in [-0.2, 0) is 0 Å². The SMILES string of the molecule is CNC(C)(C#N)CCCOc1ccc(OC)cc1. The first-order valence-corrected chi connectivity index (χ1v) is 6.00. The molecule has 0 fully saturated rings. The molecule has 4 heteroatoms. The molecule has 98 valence electrons. The lowest BCUT2D eigenvalue weighted by Gasteiger charge is -2.20. The molecule has 0 aliphatic rings. The van der Waals surface area contributed by atoms with Gasteiger partial charge in [-0.1, -0.05) is 0 Å². The van der Waals surface area contributed by atoms with Gasteiger partial charge in [-0.25, -0.2) is 0 Å². The fourth-order valence-electron chi connectivity index (χ4n) is 1.52. The summed E-state index contributed by atoms with van der Waals surface area (Å²) >= 11 is 0. The average Bonchev–Trinajstić information content (AvgIpc) is 2.44. The van der Waals surface area contributed by atoms with Gasteiger partial charge in [0.25, 0.3) is 0 Å². The van der Waals surface area contributed by atoms with Crippen LogP contribution in [0.1, 0.15) is 19.8 Å². The molecule has 0 aromatic heterocycles. The normalized spacial score (nSPS) is 13.4. The van der Waals surface area contributed by atoms with E-state index in [4.69, 9.17) is 14.7 Å². The van der Waals surface area contributed by atoms with Crippen molar-refractivity contribution < 1.29 is 9.47 Å². The quantitative estimate of drug-likeness (QED) is 0.753. The zero-order valence-corrected chi connectivity index (χ0v) is 11.2. The van der Waals surface area contributed by atoms with Gasteiger partial charge in [0.15, 0.2) is 0 Å². The summed E-state index contributed by atoms with van der Waals surface area (Å²) < 4.78 is 10.7. The second kappa shape index (κ2) is 6.87. The predicted molar refractivity (Wildman–Crippen MR) is 70.8 cm³/mol. The number of methoxy groups -OCH3 is 1. The number of nitriles is 1. The van der Waals surface area contributed by atoms with E-state index in [9.17, 15) is 0 Å². The van der Waals surface area contributed by atoms with E-state index in [1.165, 1.54) is 0 Å². The lowest BCUT2D eigenvalue weighted by Crippen LogP contribution is -2.38. The van der Waals surface area contributed by atoms with Gasteiger partial charge in [0.05, 0.1) is 19.8 Å². The van der Waals surface area contributed by atoms with Crippen LogP contribution in [0.25, 0.3) is 0 Å². The molecule has 0 amide bonds. The number of nitrogens with one attached hydrogen (secondary N) is 1. The summed E-state index contributed by atoms with van der Waals surface area (Å²) in [6, 6.07) is 9.74. The van der Waals surface area contributed by atoms with E-state index in [1.54, 1.807) is 14.2 Å². The Morgan fingerprint density at radius 1 is 1.28 bits per heavy atom. The number of ether oxygens (including phenoxy) is 2. The zero-order chi connectivity index (χ0) is 13.4. The molecule has 1 aromatic carbocycles. The first-order valence-electron chi connectivity index (χ1n) is 6.00. The molecule has 1 N–H and O–H groups in total. The van der Waals surface area contributed by atoms with Gasteiger partial charge in [0, 0.05) is 0 Å². The molecule has 1 unspecified atom stereocenters. The first-order chi connectivity index (χ1) is 8.63. The zero-order valence-electron chi connectivity index (χ0n) is 11.2. The van der Waals surface area contributed by atoms with Crippen LogP contribution in [0.4, 0.5) is 0 Å². The van der Waals surface area contributed by atoms with Crippen LogP contribution >= 0.6 is 0 Å². The highest BCUT2D eigenvalue weighted by atomic mass is 16.5. The molecule has 4 nitrogen and oxygen atoms in total. The Bertz CT molecular complexity index is 397. The number of rotatable bonds is 7. The van der Waals surface area contributed by atoms with Crippen molar-refractivity contribution in [2.45, 2.75) is 25.3 Å². The fraction of sp³-hybridized carbons (Fsp3) is 0.500. The second-order valence-corrected chi connectivity index (χ2v) is 4.32. The van der Waals surface area contributed by atoms with Crippen LogP contribution < -0.4 is 14.8 Å². The van der Waals surface area contributed by atoms with Gasteiger partial charge in [-0.3, -0.25) is 0 Å². The third-order valence-electron chi connectivity index (χ3n) is 2.95. The van der Waals surface area contributed by atoms with E-state index in [2.05, 4.69) is 11.4 Å². The number of hydrogen-bond acceptors (Lipinski definition) is 4. The molecule has 0 bridgehead atoms. The predicted octanol–water partition coefficient (Wildman–Crippen LogP) is 2.36. The van der Waals surface area contributed by atoms with E-state index in [-0.39, 0.29) is 0 Å². The molecule has 1 atom stereocenters. The molecule has 0 saturated carbocycles. The minimum absolute atomic E-state index is 0.469. The summed E-state index contributed by atoms with van der Waals surface area (Å²) in [5, 5.41) is 12.0. The Labute approximate surface area is 109 Å². The van der Waals surface area contributed by atoms with Crippen molar-refractivity contribution in [3.63, 3.8) is 0 Å². The molecule has 1 aromatic rings. The van der Waals surface area contributed by atoms with Gasteiger partial charge in [0.2, 0.25) is 0 Å². The third kappa shape index (κ3) is 4.27. The van der Waals surface area contributed by atoms with Gasteiger partial charge < -0.3 is 14.8 Å². The smallest absolute Gasteiger partial charge is 0.119 e. The Morgan fingerprint density at radius 3 is 2.39 bits per heavy atom. The minimum Gasteiger partial charge on any atom is -0.497 e. The molecule has 0 saturated heterocycles. The average molecular weight is 248 g/mol. The van der Waals surface area contributed by atoms with Crippen LogP contribution in [0.15, 0.2) is 24.3 Å². The molecular weight excluding hydrogens is 228 g/mol. The van der Waals surface area contributed by atoms with Gasteiger partial charge in [-0.15, -0.1) is 0 Å². The van der Waals surface area contributed by atoms with E-state index in [0.29, 0.717) is 6.61 Å². The largest absolute Gasteiger partial charge is 0.497 e. The van der Waals surface area contributed by atoms with Crippen LogP contribution in [-0.4, -0.2) is 26.3 Å². The Hall–Kier alpha value is -1.73. The first kappa shape index (κ1) is 14.3. The van der Waals surface area contributed by atoms with E-state index in [1.807, 2.05) is 31.2 Å². The molecular formula is C14H20N2O2. The molecule has 18 heavy (non-hydrogen) atoms. The van der Waals surface area contributed by atoms with Crippen molar-refractivity contribution in [1.82, 2.24) is 5.32 Å². The van der Waals surface area contributed by atoms with Crippen LogP contribution in [0.2, 0.25) is 0 Å². The van der Waals surface area contributed by atoms with Crippen LogP contribution in [0, 0.1) is 11.3 Å². The molecule has 0 spiro atoms. The van der Waals surface area contributed by atoms with Crippen molar-refractivity contribution in [3.8, 4) is 17.6 Å². The Balaban J connectivity index is 2.31. The lowest BCUT2D eigenvalue weighted by molar-refractivity contribution is 0.288. The van der Waals surface area contributed by atoms with Crippen molar-refractivity contribution in [3.05, 3.63) is 24.3 Å². The summed E-state index contributed by atoms with van der Waals surface area (Å²) in [6.45, 7) is 2.49. The van der Waals surface area contributed by atoms with Gasteiger partial charge in [-0.2, -0.15) is 5.26 Å². The molecule has 0 heterocycles. The second-order valence-electron chi connectivity index (χ2n) is 4.32. The van der Waals surface area contributed by atoms with E-state index in [0.717, 1.165) is 24.3 Å². The van der Waals surface area contributed by atoms with Gasteiger partial charge in [0.1, 0.15) is 17.0 Å². The summed E-state index contributed by atoms with van der Waals surface area (Å²) in [5.41, 5.74) is -0.469. The molecule has 0 radical (unpaired) electrons. The van der Waals surface area contributed by atoms with Crippen LogP contribution in [0.3, 0.4) is 0 Å². The minimum atomic E-state index is -0.469. The van der Waals surface area contributed by atoms with Crippen molar-refractivity contribution in [2.75, 3.05) is 20.8 Å². The van der Waals surface area contributed by atoms with E-state index < -0.39 is 5.54 Å².